The van der Waals surface area contributed by atoms with Gasteiger partial charge in [0.25, 0.3) is 5.91 Å². The lowest BCUT2D eigenvalue weighted by molar-refractivity contribution is 0.0950. The summed E-state index contributed by atoms with van der Waals surface area (Å²) in [6.07, 6.45) is 1.38. The van der Waals surface area contributed by atoms with E-state index in [1.54, 1.807) is 19.1 Å². The Balaban J connectivity index is 1.94. The van der Waals surface area contributed by atoms with Gasteiger partial charge in [-0.1, -0.05) is 0 Å². The van der Waals surface area contributed by atoms with E-state index in [-0.39, 0.29) is 10.8 Å². The highest BCUT2D eigenvalue weighted by molar-refractivity contribution is 7.12. The summed E-state index contributed by atoms with van der Waals surface area (Å²) >= 11 is 0.950. The van der Waals surface area contributed by atoms with Gasteiger partial charge in [0.1, 0.15) is 0 Å². The van der Waals surface area contributed by atoms with Crippen molar-refractivity contribution in [3.05, 3.63) is 39.6 Å². The number of rotatable bonds is 3. The summed E-state index contributed by atoms with van der Waals surface area (Å²) in [5.41, 5.74) is 3.35. The predicted octanol–water partition coefficient (Wildman–Crippen LogP) is 1.68. The Bertz CT molecular complexity index is 560. The number of amides is 1. The second kappa shape index (κ2) is 4.88. The molecule has 88 valence electrons. The molecule has 2 aromatic heterocycles. The number of carbonyl (C=O) groups is 1. The first-order valence-electron chi connectivity index (χ1n) is 4.76. The number of thiophene rings is 1. The summed E-state index contributed by atoms with van der Waals surface area (Å²) in [7, 11) is 0. The van der Waals surface area contributed by atoms with Gasteiger partial charge in [-0.05, 0) is 25.1 Å². The van der Waals surface area contributed by atoms with Crippen LogP contribution in [-0.2, 0) is 0 Å². The number of aromatic nitrogens is 2. The summed E-state index contributed by atoms with van der Waals surface area (Å²) in [6, 6.07) is 4.52. The molecule has 0 aliphatic rings. The third kappa shape index (κ3) is 2.97. The van der Waals surface area contributed by atoms with Crippen LogP contribution in [0, 0.1) is 12.1 Å². The van der Waals surface area contributed by atoms with E-state index in [0.29, 0.717) is 4.88 Å². The highest BCUT2D eigenvalue weighted by Gasteiger charge is 2.07. The van der Waals surface area contributed by atoms with E-state index < -0.39 is 5.91 Å². The molecular formula is C10H9FN4OS. The van der Waals surface area contributed by atoms with E-state index in [9.17, 15) is 9.18 Å². The molecular weight excluding hydrogens is 243 g/mol. The average molecular weight is 252 g/mol. The molecule has 2 aromatic rings. The molecule has 0 aromatic carbocycles. The van der Waals surface area contributed by atoms with Crippen LogP contribution in [0.2, 0.25) is 0 Å². The van der Waals surface area contributed by atoms with Crippen molar-refractivity contribution in [1.82, 2.24) is 15.6 Å². The van der Waals surface area contributed by atoms with Gasteiger partial charge in [0.2, 0.25) is 0 Å². The highest BCUT2D eigenvalue weighted by atomic mass is 32.1. The van der Waals surface area contributed by atoms with Crippen LogP contribution in [-0.4, -0.2) is 22.3 Å². The number of aromatic amines is 1. The molecule has 0 aliphatic carbocycles. The van der Waals surface area contributed by atoms with Crippen LogP contribution in [0.5, 0.6) is 0 Å². The number of hydrogen-bond acceptors (Lipinski definition) is 4. The largest absolute Gasteiger partial charge is 0.291 e. The SMILES string of the molecule is Cc1cc(C(=O)N/N=C\c2ccc(F)s2)n[nH]1. The fraction of sp³-hybridized carbons (Fsp3) is 0.100. The van der Waals surface area contributed by atoms with Crippen molar-refractivity contribution in [2.75, 3.05) is 0 Å². The van der Waals surface area contributed by atoms with E-state index in [2.05, 4.69) is 20.7 Å². The number of aryl methyl sites for hydroxylation is 1. The Kier molecular flexibility index (Phi) is 3.29. The first-order chi connectivity index (χ1) is 8.15. The fourth-order valence-electron chi connectivity index (χ4n) is 1.14. The Hall–Kier alpha value is -2.02. The zero-order valence-corrected chi connectivity index (χ0v) is 9.71. The Labute approximate surface area is 100 Å². The lowest BCUT2D eigenvalue weighted by Gasteiger charge is -1.93. The minimum absolute atomic E-state index is 0.261. The van der Waals surface area contributed by atoms with Crippen LogP contribution in [0.1, 0.15) is 21.1 Å². The van der Waals surface area contributed by atoms with Gasteiger partial charge in [-0.15, -0.1) is 11.3 Å². The predicted molar refractivity (Wildman–Crippen MR) is 62.7 cm³/mol. The van der Waals surface area contributed by atoms with Crippen LogP contribution in [0.4, 0.5) is 4.39 Å². The van der Waals surface area contributed by atoms with E-state index in [0.717, 1.165) is 17.0 Å². The van der Waals surface area contributed by atoms with E-state index in [1.165, 1.54) is 12.3 Å². The van der Waals surface area contributed by atoms with Crippen LogP contribution in [0.25, 0.3) is 0 Å². The van der Waals surface area contributed by atoms with Crippen LogP contribution < -0.4 is 5.43 Å². The van der Waals surface area contributed by atoms with Gasteiger partial charge < -0.3 is 0 Å². The fourth-order valence-corrected chi connectivity index (χ4v) is 1.75. The zero-order valence-electron chi connectivity index (χ0n) is 8.90. The van der Waals surface area contributed by atoms with Gasteiger partial charge >= 0.3 is 0 Å². The summed E-state index contributed by atoms with van der Waals surface area (Å²) < 4.78 is 12.6. The Morgan fingerprint density at radius 3 is 3.06 bits per heavy atom. The topological polar surface area (TPSA) is 70.1 Å². The van der Waals surface area contributed by atoms with Crippen molar-refractivity contribution in [2.45, 2.75) is 6.92 Å². The van der Waals surface area contributed by atoms with Gasteiger partial charge in [0.05, 0.1) is 11.1 Å². The summed E-state index contributed by atoms with van der Waals surface area (Å²) in [4.78, 5) is 12.1. The molecule has 5 nitrogen and oxygen atoms in total. The van der Waals surface area contributed by atoms with E-state index >= 15 is 0 Å². The standard InChI is InChI=1S/C10H9FN4OS/c1-6-4-8(14-13-6)10(16)15-12-5-7-2-3-9(11)17-7/h2-5H,1H3,(H,13,14)(H,15,16)/b12-5-. The third-order valence-corrected chi connectivity index (χ3v) is 2.70. The first kappa shape index (κ1) is 11.5. The quantitative estimate of drug-likeness (QED) is 0.644. The first-order valence-corrected chi connectivity index (χ1v) is 5.57. The summed E-state index contributed by atoms with van der Waals surface area (Å²) in [5, 5.41) is 9.84. The van der Waals surface area contributed by atoms with E-state index in [4.69, 9.17) is 0 Å². The molecule has 0 saturated heterocycles. The molecule has 2 rings (SSSR count). The molecule has 0 bridgehead atoms. The van der Waals surface area contributed by atoms with Crippen molar-refractivity contribution in [2.24, 2.45) is 5.10 Å². The average Bonchev–Trinajstić information content (AvgIpc) is 2.88. The number of halogens is 1. The molecule has 17 heavy (non-hydrogen) atoms. The molecule has 0 atom stereocenters. The Morgan fingerprint density at radius 1 is 1.65 bits per heavy atom. The number of nitrogens with zero attached hydrogens (tertiary/aromatic N) is 2. The summed E-state index contributed by atoms with van der Waals surface area (Å²) in [6.45, 7) is 1.79. The number of H-pyrrole nitrogens is 1. The number of carbonyl (C=O) groups excluding carboxylic acids is 1. The number of nitrogens with one attached hydrogen (secondary N) is 2. The monoisotopic (exact) mass is 252 g/mol. The number of hydrazone groups is 1. The Morgan fingerprint density at radius 2 is 2.47 bits per heavy atom. The smallest absolute Gasteiger partial charge is 0.282 e. The van der Waals surface area contributed by atoms with Crippen molar-refractivity contribution >= 4 is 23.5 Å². The maximum absolute atomic E-state index is 12.6. The van der Waals surface area contributed by atoms with Crippen molar-refractivity contribution in [3.8, 4) is 0 Å². The molecule has 1 amide bonds. The summed E-state index contributed by atoms with van der Waals surface area (Å²) in [5.74, 6) is -0.414. The molecule has 0 fully saturated rings. The molecule has 0 radical (unpaired) electrons. The van der Waals surface area contributed by atoms with E-state index in [1.807, 2.05) is 0 Å². The molecule has 7 heteroatoms. The normalized spacial score (nSPS) is 10.9. The maximum Gasteiger partial charge on any atom is 0.291 e. The van der Waals surface area contributed by atoms with Gasteiger partial charge in [0.15, 0.2) is 10.8 Å². The molecule has 0 unspecified atom stereocenters. The lowest BCUT2D eigenvalue weighted by atomic mass is 10.4. The van der Waals surface area contributed by atoms with Gasteiger partial charge in [-0.25, -0.2) is 5.43 Å². The number of hydrogen-bond donors (Lipinski definition) is 2. The molecule has 2 heterocycles. The van der Waals surface area contributed by atoms with Crippen LogP contribution >= 0.6 is 11.3 Å². The maximum atomic E-state index is 12.6. The molecule has 0 aliphatic heterocycles. The zero-order chi connectivity index (χ0) is 12.3. The minimum Gasteiger partial charge on any atom is -0.282 e. The highest BCUT2D eigenvalue weighted by Crippen LogP contribution is 2.11. The second-order valence-corrected chi connectivity index (χ2v) is 4.34. The van der Waals surface area contributed by atoms with Crippen molar-refractivity contribution < 1.29 is 9.18 Å². The van der Waals surface area contributed by atoms with Crippen molar-refractivity contribution in [1.29, 1.82) is 0 Å². The van der Waals surface area contributed by atoms with Crippen LogP contribution in [0.15, 0.2) is 23.3 Å². The second-order valence-electron chi connectivity index (χ2n) is 3.28. The van der Waals surface area contributed by atoms with Gasteiger partial charge in [-0.2, -0.15) is 14.6 Å². The van der Waals surface area contributed by atoms with Gasteiger partial charge in [-0.3, -0.25) is 9.89 Å². The molecule has 2 N–H and O–H groups in total. The third-order valence-electron chi connectivity index (χ3n) is 1.89. The molecule has 0 saturated carbocycles. The lowest BCUT2D eigenvalue weighted by Crippen LogP contribution is -2.17. The van der Waals surface area contributed by atoms with Crippen molar-refractivity contribution in [3.63, 3.8) is 0 Å². The molecule has 0 spiro atoms. The van der Waals surface area contributed by atoms with Gasteiger partial charge in [0, 0.05) is 5.69 Å². The van der Waals surface area contributed by atoms with Crippen LogP contribution in [0.3, 0.4) is 0 Å². The minimum atomic E-state index is -0.414.